The van der Waals surface area contributed by atoms with Crippen molar-refractivity contribution in [2.24, 2.45) is 23.2 Å². The van der Waals surface area contributed by atoms with E-state index in [1.807, 2.05) is 6.08 Å². The van der Waals surface area contributed by atoms with E-state index in [-0.39, 0.29) is 11.0 Å². The highest BCUT2D eigenvalue weighted by atomic mass is 16.1. The van der Waals surface area contributed by atoms with Gasteiger partial charge in [0.05, 0.1) is 0 Å². The van der Waals surface area contributed by atoms with Crippen molar-refractivity contribution in [3.8, 4) is 0 Å². The van der Waals surface area contributed by atoms with Crippen LogP contribution in [-0.2, 0) is 11.2 Å². The van der Waals surface area contributed by atoms with Crippen molar-refractivity contribution < 1.29 is 4.79 Å². The number of carbonyl (C=O) groups is 1. The van der Waals surface area contributed by atoms with E-state index in [9.17, 15) is 4.79 Å². The molecule has 4 fully saturated rings. The predicted octanol–water partition coefficient (Wildman–Crippen LogP) is 4.74. The Kier molecular flexibility index (Phi) is 3.27. The van der Waals surface area contributed by atoms with Gasteiger partial charge in [0.1, 0.15) is 0 Å². The molecule has 1 heterocycles. The molecule has 2 nitrogen and oxygen atoms in total. The Morgan fingerprint density at radius 1 is 1.04 bits per heavy atom. The molecule has 0 spiro atoms. The highest BCUT2D eigenvalue weighted by Gasteiger charge is 2.53. The van der Waals surface area contributed by atoms with E-state index in [2.05, 4.69) is 43.4 Å². The molecule has 1 aliphatic heterocycles. The lowest BCUT2D eigenvalue weighted by Gasteiger charge is -2.55. The summed E-state index contributed by atoms with van der Waals surface area (Å²) in [7, 11) is 0. The minimum Gasteiger partial charge on any atom is -0.379 e. The lowest BCUT2D eigenvalue weighted by atomic mass is 9.48. The van der Waals surface area contributed by atoms with Crippen LogP contribution in [0.15, 0.2) is 30.3 Å². The monoisotopic (exact) mass is 335 g/mol. The summed E-state index contributed by atoms with van der Waals surface area (Å²) in [5, 5.41) is 3.65. The zero-order valence-corrected chi connectivity index (χ0v) is 15.5. The van der Waals surface area contributed by atoms with Crippen LogP contribution >= 0.6 is 0 Å². The number of hydrogen-bond acceptors (Lipinski definition) is 2. The van der Waals surface area contributed by atoms with Crippen molar-refractivity contribution in [2.45, 2.75) is 64.3 Å². The van der Waals surface area contributed by atoms with E-state index in [0.29, 0.717) is 5.78 Å². The first-order chi connectivity index (χ1) is 11.9. The standard InChI is InChI=1S/C23H29NO/c1-22(2)14-18-5-3-4-6-19(18)20(24-22)10-21(25)23-11-15-7-16(12-23)9-17(8-15)13-23/h3-6,10,15-17,24H,7-9,11-14H2,1-2H3/b20-10-. The molecule has 1 aromatic rings. The molecule has 2 heteroatoms. The van der Waals surface area contributed by atoms with Gasteiger partial charge in [-0.1, -0.05) is 24.3 Å². The van der Waals surface area contributed by atoms with Crippen LogP contribution in [0.25, 0.3) is 5.70 Å². The van der Waals surface area contributed by atoms with Crippen molar-refractivity contribution in [3.05, 3.63) is 41.5 Å². The van der Waals surface area contributed by atoms with Gasteiger partial charge in [-0.15, -0.1) is 0 Å². The molecule has 25 heavy (non-hydrogen) atoms. The van der Waals surface area contributed by atoms with Crippen LogP contribution in [0.1, 0.15) is 63.5 Å². The van der Waals surface area contributed by atoms with Crippen LogP contribution in [0.5, 0.6) is 0 Å². The Balaban J connectivity index is 1.51. The van der Waals surface area contributed by atoms with Crippen LogP contribution in [0, 0.1) is 23.2 Å². The third-order valence-corrected chi connectivity index (χ3v) is 7.25. The van der Waals surface area contributed by atoms with Gasteiger partial charge in [-0.05, 0) is 82.1 Å². The molecule has 5 aliphatic rings. The molecule has 1 aromatic carbocycles. The van der Waals surface area contributed by atoms with Crippen LogP contribution in [-0.4, -0.2) is 11.3 Å². The minimum absolute atomic E-state index is 0.00192. The van der Waals surface area contributed by atoms with Crippen molar-refractivity contribution in [3.63, 3.8) is 0 Å². The second-order valence-corrected chi connectivity index (χ2v) is 9.96. The number of fused-ring (bicyclic) bond motifs is 1. The van der Waals surface area contributed by atoms with Crippen LogP contribution in [0.3, 0.4) is 0 Å². The number of benzene rings is 1. The lowest BCUT2D eigenvalue weighted by Crippen LogP contribution is -2.50. The Labute approximate surface area is 151 Å². The quantitative estimate of drug-likeness (QED) is 0.791. The molecule has 4 aliphatic carbocycles. The number of ketones is 1. The minimum atomic E-state index is -0.0417. The van der Waals surface area contributed by atoms with Gasteiger partial charge in [0.2, 0.25) is 0 Å². The van der Waals surface area contributed by atoms with E-state index in [0.717, 1.165) is 49.1 Å². The molecule has 6 rings (SSSR count). The van der Waals surface area contributed by atoms with Gasteiger partial charge in [0, 0.05) is 28.3 Å². The highest BCUT2D eigenvalue weighted by molar-refractivity contribution is 6.01. The molecule has 0 amide bonds. The second-order valence-electron chi connectivity index (χ2n) is 9.96. The third-order valence-electron chi connectivity index (χ3n) is 7.25. The molecule has 0 saturated heterocycles. The number of hydrogen-bond donors (Lipinski definition) is 1. The largest absolute Gasteiger partial charge is 0.379 e. The van der Waals surface area contributed by atoms with Crippen molar-refractivity contribution >= 4 is 11.5 Å². The summed E-state index contributed by atoms with van der Waals surface area (Å²) in [5.41, 5.74) is 3.59. The van der Waals surface area contributed by atoms with E-state index < -0.39 is 0 Å². The maximum absolute atomic E-state index is 13.5. The number of carbonyl (C=O) groups excluding carboxylic acids is 1. The Morgan fingerprint density at radius 3 is 2.28 bits per heavy atom. The van der Waals surface area contributed by atoms with Gasteiger partial charge < -0.3 is 5.32 Å². The van der Waals surface area contributed by atoms with Gasteiger partial charge in [-0.2, -0.15) is 0 Å². The Bertz CT molecular complexity index is 722. The topological polar surface area (TPSA) is 29.1 Å². The number of nitrogens with one attached hydrogen (secondary N) is 1. The maximum Gasteiger partial charge on any atom is 0.163 e. The third kappa shape index (κ3) is 2.56. The summed E-state index contributed by atoms with van der Waals surface area (Å²) in [6.07, 6.45) is 10.6. The molecular formula is C23H29NO. The summed E-state index contributed by atoms with van der Waals surface area (Å²) < 4.78 is 0. The average molecular weight is 335 g/mol. The summed E-state index contributed by atoms with van der Waals surface area (Å²) in [4.78, 5) is 13.5. The van der Waals surface area contributed by atoms with Gasteiger partial charge in [-0.3, -0.25) is 4.79 Å². The summed E-state index contributed by atoms with van der Waals surface area (Å²) >= 11 is 0. The van der Waals surface area contributed by atoms with Gasteiger partial charge in [-0.25, -0.2) is 0 Å². The molecular weight excluding hydrogens is 306 g/mol. The van der Waals surface area contributed by atoms with E-state index in [1.165, 1.54) is 30.4 Å². The fourth-order valence-electron chi connectivity index (χ4n) is 6.70. The molecule has 0 atom stereocenters. The highest BCUT2D eigenvalue weighted by Crippen LogP contribution is 2.60. The average Bonchev–Trinajstić information content (AvgIpc) is 2.52. The van der Waals surface area contributed by atoms with Crippen molar-refractivity contribution in [1.29, 1.82) is 0 Å². The zero-order chi connectivity index (χ0) is 17.2. The molecule has 4 saturated carbocycles. The maximum atomic E-state index is 13.5. The smallest absolute Gasteiger partial charge is 0.163 e. The van der Waals surface area contributed by atoms with Gasteiger partial charge >= 0.3 is 0 Å². The first-order valence-electron chi connectivity index (χ1n) is 10.1. The first kappa shape index (κ1) is 15.7. The van der Waals surface area contributed by atoms with Crippen LogP contribution < -0.4 is 5.32 Å². The summed E-state index contributed by atoms with van der Waals surface area (Å²) in [6.45, 7) is 4.46. The zero-order valence-electron chi connectivity index (χ0n) is 15.5. The normalized spacial score (nSPS) is 39.1. The van der Waals surface area contributed by atoms with Crippen LogP contribution in [0.4, 0.5) is 0 Å². The van der Waals surface area contributed by atoms with Crippen LogP contribution in [0.2, 0.25) is 0 Å². The molecule has 0 aromatic heterocycles. The fourth-order valence-corrected chi connectivity index (χ4v) is 6.70. The van der Waals surface area contributed by atoms with E-state index in [1.54, 1.807) is 0 Å². The predicted molar refractivity (Wildman–Crippen MR) is 101 cm³/mol. The number of rotatable bonds is 2. The van der Waals surface area contributed by atoms with Crippen molar-refractivity contribution in [1.82, 2.24) is 5.32 Å². The first-order valence-corrected chi connectivity index (χ1v) is 10.1. The molecule has 1 N–H and O–H groups in total. The molecule has 4 bridgehead atoms. The summed E-state index contributed by atoms with van der Waals surface area (Å²) in [5.74, 6) is 2.85. The Morgan fingerprint density at radius 2 is 1.64 bits per heavy atom. The SMILES string of the molecule is CC1(C)Cc2ccccc2/C(=C/C(=O)C23CC4CC(CC(C4)C2)C3)N1. The summed E-state index contributed by atoms with van der Waals surface area (Å²) in [6, 6.07) is 8.57. The fraction of sp³-hybridized carbons (Fsp3) is 0.609. The van der Waals surface area contributed by atoms with Gasteiger partial charge in [0.25, 0.3) is 0 Å². The Hall–Kier alpha value is -1.57. The number of allylic oxidation sites excluding steroid dienone is 1. The van der Waals surface area contributed by atoms with Gasteiger partial charge in [0.15, 0.2) is 5.78 Å². The van der Waals surface area contributed by atoms with E-state index in [4.69, 9.17) is 0 Å². The van der Waals surface area contributed by atoms with Crippen molar-refractivity contribution in [2.75, 3.05) is 0 Å². The van der Waals surface area contributed by atoms with E-state index >= 15 is 0 Å². The lowest BCUT2D eigenvalue weighted by molar-refractivity contribution is -0.138. The molecule has 0 unspecified atom stereocenters. The second kappa shape index (κ2) is 5.22. The molecule has 132 valence electrons. The molecule has 0 radical (unpaired) electrons.